The molecule has 2 aromatic carbocycles. The van der Waals surface area contributed by atoms with Crippen molar-refractivity contribution in [3.05, 3.63) is 35.4 Å². The van der Waals surface area contributed by atoms with Gasteiger partial charge in [-0.25, -0.2) is 0 Å². The molecular weight excluding hydrogens is 398 g/mol. The van der Waals surface area contributed by atoms with E-state index in [0.717, 1.165) is 47.9 Å². The van der Waals surface area contributed by atoms with E-state index in [0.29, 0.717) is 17.2 Å². The first-order chi connectivity index (χ1) is 15.1. The molecule has 0 amide bonds. The molecule has 3 aliphatic rings. The van der Waals surface area contributed by atoms with Crippen LogP contribution < -0.4 is 28.4 Å². The molecule has 31 heavy (non-hydrogen) atoms. The molecule has 3 aliphatic heterocycles. The topological polar surface area (TPSA) is 58.6 Å². The van der Waals surface area contributed by atoms with Crippen LogP contribution in [-0.2, 0) is 0 Å². The lowest BCUT2D eigenvalue weighted by Gasteiger charge is -2.45. The molecule has 2 aromatic rings. The summed E-state index contributed by atoms with van der Waals surface area (Å²) >= 11 is 0. The third kappa shape index (κ3) is 3.31. The lowest BCUT2D eigenvalue weighted by molar-refractivity contribution is -0.0768. The molecule has 7 heteroatoms. The van der Waals surface area contributed by atoms with Gasteiger partial charge in [0.05, 0.1) is 21.3 Å². The molecule has 5 rings (SSSR count). The molecule has 0 bridgehead atoms. The highest BCUT2D eigenvalue weighted by molar-refractivity contribution is 5.60. The zero-order valence-corrected chi connectivity index (χ0v) is 18.5. The average molecular weight is 427 g/mol. The van der Waals surface area contributed by atoms with E-state index in [-0.39, 0.29) is 12.7 Å². The van der Waals surface area contributed by atoms with Crippen molar-refractivity contribution in [2.45, 2.75) is 37.8 Å². The fraction of sp³-hybridized carbons (Fsp3) is 0.500. The summed E-state index contributed by atoms with van der Waals surface area (Å²) in [5.41, 5.74) is 1.75. The van der Waals surface area contributed by atoms with Crippen LogP contribution in [-0.4, -0.2) is 51.8 Å². The maximum atomic E-state index is 6.64. The minimum Gasteiger partial charge on any atom is -0.493 e. The van der Waals surface area contributed by atoms with Gasteiger partial charge in [0.15, 0.2) is 28.7 Å². The van der Waals surface area contributed by atoms with Crippen molar-refractivity contribution < 1.29 is 28.4 Å². The van der Waals surface area contributed by atoms with E-state index < -0.39 is 5.72 Å². The van der Waals surface area contributed by atoms with Gasteiger partial charge in [-0.15, -0.1) is 0 Å². The fourth-order valence-corrected chi connectivity index (χ4v) is 5.05. The van der Waals surface area contributed by atoms with Crippen molar-refractivity contribution in [1.82, 2.24) is 4.90 Å². The van der Waals surface area contributed by atoms with Crippen LogP contribution in [0, 0.1) is 0 Å². The summed E-state index contributed by atoms with van der Waals surface area (Å²) in [6.07, 6.45) is 3.20. The summed E-state index contributed by atoms with van der Waals surface area (Å²) in [4.78, 5) is 2.45. The molecule has 1 saturated heterocycles. The Bertz CT molecular complexity index is 961. The molecule has 0 aromatic heterocycles. The predicted octanol–water partition coefficient (Wildman–Crippen LogP) is 4.17. The Balaban J connectivity index is 1.65. The van der Waals surface area contributed by atoms with Gasteiger partial charge in [0.1, 0.15) is 5.75 Å². The molecule has 3 heterocycles. The molecular formula is C24H29NO6. The van der Waals surface area contributed by atoms with Crippen LogP contribution in [0.25, 0.3) is 0 Å². The SMILES string of the molecule is COc1cc([C@@H]2C[C@@](C)(N3CCCC3)Oc3cc4c(cc32)OCO4)cc(OC)c1OC. The first-order valence-corrected chi connectivity index (χ1v) is 10.7. The molecule has 0 saturated carbocycles. The number of nitrogens with zero attached hydrogens (tertiary/aromatic N) is 1. The van der Waals surface area contributed by atoms with Crippen molar-refractivity contribution in [3.8, 4) is 34.5 Å². The summed E-state index contributed by atoms with van der Waals surface area (Å²) < 4.78 is 34.7. The normalized spacial score (nSPS) is 24.5. The molecule has 0 aliphatic carbocycles. The number of benzene rings is 2. The second-order valence-corrected chi connectivity index (χ2v) is 8.43. The van der Waals surface area contributed by atoms with Gasteiger partial charge in [0.2, 0.25) is 12.5 Å². The van der Waals surface area contributed by atoms with Crippen molar-refractivity contribution in [2.24, 2.45) is 0 Å². The van der Waals surface area contributed by atoms with E-state index in [1.807, 2.05) is 18.2 Å². The van der Waals surface area contributed by atoms with Gasteiger partial charge in [-0.1, -0.05) is 0 Å². The second kappa shape index (κ2) is 7.71. The number of hydrogen-bond donors (Lipinski definition) is 0. The standard InChI is InChI=1S/C24H29NO6/c1-24(25-7-5-6-8-25)13-17(15-9-21(26-2)23(28-4)22(10-15)27-3)16-11-19-20(30-14-29-19)12-18(16)31-24/h9-12,17H,5-8,13-14H2,1-4H3/t17-,24-/m0/s1. The van der Waals surface area contributed by atoms with Gasteiger partial charge in [0, 0.05) is 37.1 Å². The Morgan fingerprint density at radius 3 is 2.13 bits per heavy atom. The number of ether oxygens (including phenoxy) is 6. The van der Waals surface area contributed by atoms with Crippen LogP contribution in [0.15, 0.2) is 24.3 Å². The van der Waals surface area contributed by atoms with Crippen molar-refractivity contribution >= 4 is 0 Å². The molecule has 1 fully saturated rings. The Morgan fingerprint density at radius 1 is 0.871 bits per heavy atom. The Morgan fingerprint density at radius 2 is 1.52 bits per heavy atom. The average Bonchev–Trinajstić information content (AvgIpc) is 3.48. The van der Waals surface area contributed by atoms with Crippen molar-refractivity contribution in [1.29, 1.82) is 0 Å². The van der Waals surface area contributed by atoms with E-state index in [9.17, 15) is 0 Å². The molecule has 2 atom stereocenters. The smallest absolute Gasteiger partial charge is 0.231 e. The summed E-state index contributed by atoms with van der Waals surface area (Å²) in [6.45, 7) is 4.50. The highest BCUT2D eigenvalue weighted by Gasteiger charge is 2.44. The lowest BCUT2D eigenvalue weighted by atomic mass is 9.81. The number of rotatable bonds is 5. The maximum Gasteiger partial charge on any atom is 0.231 e. The van der Waals surface area contributed by atoms with Crippen LogP contribution >= 0.6 is 0 Å². The largest absolute Gasteiger partial charge is 0.493 e. The maximum absolute atomic E-state index is 6.64. The lowest BCUT2D eigenvalue weighted by Crippen LogP contribution is -2.52. The van der Waals surface area contributed by atoms with Gasteiger partial charge in [-0.3, -0.25) is 4.90 Å². The molecule has 0 spiro atoms. The summed E-state index contributed by atoms with van der Waals surface area (Å²) in [7, 11) is 4.91. The minimum absolute atomic E-state index is 0.0672. The van der Waals surface area contributed by atoms with Crippen LogP contribution in [0.4, 0.5) is 0 Å². The fourth-order valence-electron chi connectivity index (χ4n) is 5.05. The number of fused-ring (bicyclic) bond motifs is 2. The summed E-state index contributed by atoms with van der Waals surface area (Å²) in [5, 5.41) is 0. The van der Waals surface area contributed by atoms with Crippen molar-refractivity contribution in [3.63, 3.8) is 0 Å². The zero-order chi connectivity index (χ0) is 21.6. The summed E-state index contributed by atoms with van der Waals surface area (Å²) in [5.74, 6) is 4.27. The molecule has 0 radical (unpaired) electrons. The van der Waals surface area contributed by atoms with Crippen LogP contribution in [0.5, 0.6) is 34.5 Å². The Hall–Kier alpha value is -2.80. The number of methoxy groups -OCH3 is 3. The Kier molecular flexibility index (Phi) is 5.01. The predicted molar refractivity (Wildman–Crippen MR) is 115 cm³/mol. The van der Waals surface area contributed by atoms with Gasteiger partial charge in [0.25, 0.3) is 0 Å². The van der Waals surface area contributed by atoms with Crippen molar-refractivity contribution in [2.75, 3.05) is 41.2 Å². The van der Waals surface area contributed by atoms with Gasteiger partial charge in [-0.05, 0) is 43.5 Å². The molecule has 166 valence electrons. The quantitative estimate of drug-likeness (QED) is 0.710. The van der Waals surface area contributed by atoms with E-state index in [1.54, 1.807) is 21.3 Å². The van der Waals surface area contributed by atoms with Gasteiger partial charge < -0.3 is 28.4 Å². The first kappa shape index (κ1) is 20.1. The van der Waals surface area contributed by atoms with E-state index in [1.165, 1.54) is 12.8 Å². The summed E-state index contributed by atoms with van der Waals surface area (Å²) in [6, 6.07) is 8.09. The van der Waals surface area contributed by atoms with Gasteiger partial charge in [-0.2, -0.15) is 0 Å². The number of likely N-dealkylation sites (tertiary alicyclic amines) is 1. The van der Waals surface area contributed by atoms with Crippen LogP contribution in [0.1, 0.15) is 43.2 Å². The molecule has 0 N–H and O–H groups in total. The third-order valence-electron chi connectivity index (χ3n) is 6.66. The highest BCUT2D eigenvalue weighted by atomic mass is 16.7. The van der Waals surface area contributed by atoms with Gasteiger partial charge >= 0.3 is 0 Å². The first-order valence-electron chi connectivity index (χ1n) is 10.7. The van der Waals surface area contributed by atoms with Crippen LogP contribution in [0.3, 0.4) is 0 Å². The zero-order valence-electron chi connectivity index (χ0n) is 18.5. The van der Waals surface area contributed by atoms with E-state index in [2.05, 4.69) is 17.9 Å². The monoisotopic (exact) mass is 427 g/mol. The minimum atomic E-state index is -0.414. The van der Waals surface area contributed by atoms with E-state index >= 15 is 0 Å². The highest BCUT2D eigenvalue weighted by Crippen LogP contribution is 2.52. The second-order valence-electron chi connectivity index (χ2n) is 8.43. The third-order valence-corrected chi connectivity index (χ3v) is 6.66. The Labute approximate surface area is 182 Å². The number of hydrogen-bond acceptors (Lipinski definition) is 7. The van der Waals surface area contributed by atoms with Crippen LogP contribution in [0.2, 0.25) is 0 Å². The molecule has 7 nitrogen and oxygen atoms in total. The molecule has 0 unspecified atom stereocenters. The van der Waals surface area contributed by atoms with E-state index in [4.69, 9.17) is 28.4 Å².